The first kappa shape index (κ1) is 20.0. The highest BCUT2D eigenvalue weighted by atomic mass is 32.2. The van der Waals surface area contributed by atoms with Crippen molar-refractivity contribution in [2.24, 2.45) is 4.99 Å². The van der Waals surface area contributed by atoms with E-state index in [4.69, 9.17) is 4.74 Å². The van der Waals surface area contributed by atoms with Crippen LogP contribution in [0.25, 0.3) is 0 Å². The fourth-order valence-electron chi connectivity index (χ4n) is 2.76. The zero-order valence-corrected chi connectivity index (χ0v) is 15.9. The lowest BCUT2D eigenvalue weighted by Crippen LogP contribution is -2.19. The molecule has 0 saturated heterocycles. The van der Waals surface area contributed by atoms with Crippen LogP contribution >= 0.6 is 11.8 Å². The Balaban J connectivity index is 1.55. The zero-order chi connectivity index (χ0) is 20.1. The Bertz CT molecular complexity index is 896. The number of ether oxygens (including phenoxy) is 1. The van der Waals surface area contributed by atoms with E-state index in [1.807, 2.05) is 12.1 Å². The van der Waals surface area contributed by atoms with Crippen LogP contribution in [0.1, 0.15) is 11.1 Å². The van der Waals surface area contributed by atoms with Crippen molar-refractivity contribution in [2.75, 3.05) is 18.2 Å². The van der Waals surface area contributed by atoms with Crippen molar-refractivity contribution >= 4 is 34.4 Å². The molecule has 5 nitrogen and oxygen atoms in total. The fourth-order valence-corrected chi connectivity index (χ4v) is 3.79. The second kappa shape index (κ2) is 8.97. The summed E-state index contributed by atoms with van der Waals surface area (Å²) in [6, 6.07) is 9.78. The molecule has 146 valence electrons. The molecule has 0 aliphatic carbocycles. The van der Waals surface area contributed by atoms with Crippen molar-refractivity contribution in [2.45, 2.75) is 18.9 Å². The number of hydrogen-bond donors (Lipinski definition) is 1. The van der Waals surface area contributed by atoms with Gasteiger partial charge in [-0.2, -0.15) is 0 Å². The molecule has 1 aliphatic rings. The smallest absolute Gasteiger partial charge is 0.331 e. The van der Waals surface area contributed by atoms with Gasteiger partial charge in [-0.05, 0) is 35.4 Å². The van der Waals surface area contributed by atoms with Crippen LogP contribution in [-0.2, 0) is 27.2 Å². The summed E-state index contributed by atoms with van der Waals surface area (Å²) in [6.45, 7) is 0. The Morgan fingerprint density at radius 2 is 1.82 bits per heavy atom. The van der Waals surface area contributed by atoms with Crippen LogP contribution in [0.3, 0.4) is 0 Å². The lowest BCUT2D eigenvalue weighted by Gasteiger charge is -2.07. The second-order valence-electron chi connectivity index (χ2n) is 6.25. The Kier molecular flexibility index (Phi) is 6.41. The molecule has 1 atom stereocenters. The molecule has 0 spiro atoms. The maximum Gasteiger partial charge on any atom is 0.331 e. The average molecular weight is 404 g/mol. The second-order valence-corrected chi connectivity index (χ2v) is 7.34. The minimum atomic E-state index is -0.714. The molecule has 28 heavy (non-hydrogen) atoms. The summed E-state index contributed by atoms with van der Waals surface area (Å²) < 4.78 is 31.1. The molecule has 1 aliphatic heterocycles. The minimum Gasteiger partial charge on any atom is -0.467 e. The number of anilines is 1. The summed E-state index contributed by atoms with van der Waals surface area (Å²) in [5, 5.41) is 3.56. The molecule has 0 saturated carbocycles. The maximum atomic E-state index is 13.2. The van der Waals surface area contributed by atoms with Crippen LogP contribution < -0.4 is 5.32 Å². The highest BCUT2D eigenvalue weighted by Gasteiger charge is 2.25. The van der Waals surface area contributed by atoms with Gasteiger partial charge >= 0.3 is 5.97 Å². The Morgan fingerprint density at radius 3 is 2.46 bits per heavy atom. The van der Waals surface area contributed by atoms with E-state index in [0.29, 0.717) is 17.9 Å². The first-order valence-electron chi connectivity index (χ1n) is 8.54. The highest BCUT2D eigenvalue weighted by molar-refractivity contribution is 8.14. The van der Waals surface area contributed by atoms with Crippen LogP contribution in [0.5, 0.6) is 0 Å². The van der Waals surface area contributed by atoms with Crippen LogP contribution in [0, 0.1) is 11.6 Å². The molecule has 1 N–H and O–H groups in total. The topological polar surface area (TPSA) is 67.8 Å². The predicted molar refractivity (Wildman–Crippen MR) is 105 cm³/mol. The SMILES string of the molecule is COC(=O)[C@@H]1CSC(Cc2ccc(NC(=O)Cc3cc(F)cc(F)c3)cc2)=N1. The third-order valence-corrected chi connectivity index (χ3v) is 5.13. The van der Waals surface area contributed by atoms with Gasteiger partial charge in [0.25, 0.3) is 0 Å². The predicted octanol–water partition coefficient (Wildman–Crippen LogP) is 3.38. The minimum absolute atomic E-state index is 0.126. The first-order valence-corrected chi connectivity index (χ1v) is 9.52. The molecular formula is C20H18F2N2O3S. The van der Waals surface area contributed by atoms with Gasteiger partial charge in [-0.15, -0.1) is 11.8 Å². The van der Waals surface area contributed by atoms with Gasteiger partial charge in [0.05, 0.1) is 18.6 Å². The molecule has 0 radical (unpaired) electrons. The van der Waals surface area contributed by atoms with Crippen molar-refractivity contribution in [1.82, 2.24) is 0 Å². The Labute approximate surface area is 165 Å². The van der Waals surface area contributed by atoms with Gasteiger partial charge in [0.1, 0.15) is 11.6 Å². The molecule has 2 aromatic rings. The van der Waals surface area contributed by atoms with Gasteiger partial charge in [-0.1, -0.05) is 12.1 Å². The molecule has 2 aromatic carbocycles. The van der Waals surface area contributed by atoms with E-state index in [2.05, 4.69) is 10.3 Å². The van der Waals surface area contributed by atoms with Crippen LogP contribution in [0.2, 0.25) is 0 Å². The Morgan fingerprint density at radius 1 is 1.14 bits per heavy atom. The van der Waals surface area contributed by atoms with Crippen molar-refractivity contribution in [3.63, 3.8) is 0 Å². The number of aliphatic imine (C=N–C) groups is 1. The van der Waals surface area contributed by atoms with Crippen molar-refractivity contribution < 1.29 is 23.1 Å². The number of benzene rings is 2. The number of nitrogens with zero attached hydrogens (tertiary/aromatic N) is 1. The number of nitrogens with one attached hydrogen (secondary N) is 1. The molecule has 1 heterocycles. The van der Waals surface area contributed by atoms with E-state index in [0.717, 1.165) is 28.8 Å². The molecular weight excluding hydrogens is 386 g/mol. The summed E-state index contributed by atoms with van der Waals surface area (Å²) in [7, 11) is 1.35. The van der Waals surface area contributed by atoms with E-state index in [1.165, 1.54) is 18.9 Å². The average Bonchev–Trinajstić information content (AvgIpc) is 3.10. The first-order chi connectivity index (χ1) is 13.4. The van der Waals surface area contributed by atoms with Crippen LogP contribution in [0.4, 0.5) is 14.5 Å². The molecule has 0 fully saturated rings. The summed E-state index contributed by atoms with van der Waals surface area (Å²) in [6.07, 6.45) is 0.466. The van der Waals surface area contributed by atoms with Gasteiger partial charge in [-0.25, -0.2) is 13.6 Å². The maximum absolute atomic E-state index is 13.2. The number of carbonyl (C=O) groups excluding carboxylic acids is 2. The van der Waals surface area contributed by atoms with Gasteiger partial charge < -0.3 is 10.1 Å². The van der Waals surface area contributed by atoms with E-state index in [9.17, 15) is 18.4 Å². The van der Waals surface area contributed by atoms with Crippen molar-refractivity contribution in [1.29, 1.82) is 0 Å². The van der Waals surface area contributed by atoms with Crippen LogP contribution in [0.15, 0.2) is 47.5 Å². The number of rotatable bonds is 6. The van der Waals surface area contributed by atoms with Gasteiger partial charge in [0.2, 0.25) is 5.91 Å². The molecule has 0 unspecified atom stereocenters. The number of carbonyl (C=O) groups is 2. The molecule has 8 heteroatoms. The third kappa shape index (κ3) is 5.39. The number of hydrogen-bond acceptors (Lipinski definition) is 5. The Hall–Kier alpha value is -2.74. The third-order valence-electron chi connectivity index (χ3n) is 4.06. The number of methoxy groups -OCH3 is 1. The van der Waals surface area contributed by atoms with Crippen molar-refractivity contribution in [3.05, 3.63) is 65.2 Å². The van der Waals surface area contributed by atoms with Crippen molar-refractivity contribution in [3.8, 4) is 0 Å². The number of halogens is 2. The van der Waals surface area contributed by atoms with E-state index in [-0.39, 0.29) is 23.9 Å². The zero-order valence-electron chi connectivity index (χ0n) is 15.1. The number of amides is 1. The lowest BCUT2D eigenvalue weighted by atomic mass is 10.1. The van der Waals surface area contributed by atoms with E-state index in [1.54, 1.807) is 12.1 Å². The summed E-state index contributed by atoms with van der Waals surface area (Å²) in [5.41, 5.74) is 1.84. The highest BCUT2D eigenvalue weighted by Crippen LogP contribution is 2.22. The van der Waals surface area contributed by atoms with Crippen LogP contribution in [-0.4, -0.2) is 35.8 Å². The summed E-state index contributed by atoms with van der Waals surface area (Å²) in [5.74, 6) is -1.55. The number of thioether (sulfide) groups is 1. The lowest BCUT2D eigenvalue weighted by molar-refractivity contribution is -0.141. The molecule has 0 bridgehead atoms. The molecule has 0 aromatic heterocycles. The van der Waals surface area contributed by atoms with Gasteiger partial charge in [0.15, 0.2) is 6.04 Å². The quantitative estimate of drug-likeness (QED) is 0.750. The van der Waals surface area contributed by atoms with E-state index < -0.39 is 17.7 Å². The summed E-state index contributed by atoms with van der Waals surface area (Å²) in [4.78, 5) is 27.9. The largest absolute Gasteiger partial charge is 0.467 e. The number of esters is 1. The summed E-state index contributed by atoms with van der Waals surface area (Å²) >= 11 is 1.53. The standard InChI is InChI=1S/C20H18F2N2O3S/c1-27-20(26)17-11-28-19(24-17)9-12-2-4-16(5-3-12)23-18(25)8-13-6-14(21)10-15(22)7-13/h2-7,10,17H,8-9,11H2,1H3,(H,23,25)/t17-/m0/s1. The molecule has 3 rings (SSSR count). The van der Waals surface area contributed by atoms with E-state index >= 15 is 0 Å². The monoisotopic (exact) mass is 404 g/mol. The van der Waals surface area contributed by atoms with Gasteiger partial charge in [0, 0.05) is 23.9 Å². The fraction of sp³-hybridized carbons (Fsp3) is 0.250. The molecule has 1 amide bonds. The normalized spacial score (nSPS) is 15.8. The van der Waals surface area contributed by atoms with Gasteiger partial charge in [-0.3, -0.25) is 9.79 Å².